The summed E-state index contributed by atoms with van der Waals surface area (Å²) in [6.07, 6.45) is 1.07. The second-order valence-electron chi connectivity index (χ2n) is 3.24. The molecule has 7 heteroatoms. The highest BCUT2D eigenvalue weighted by atomic mass is 127. The average Bonchev–Trinajstić information content (AvgIpc) is 2.19. The van der Waals surface area contributed by atoms with Crippen LogP contribution in [0.5, 0.6) is 0 Å². The molecule has 14 heavy (non-hydrogen) atoms. The van der Waals surface area contributed by atoms with Crippen LogP contribution in [0.1, 0.15) is 13.3 Å². The number of fused-ring (bicyclic) bond motifs is 1. The molecule has 1 aromatic heterocycles. The van der Waals surface area contributed by atoms with Crippen molar-refractivity contribution in [3.05, 3.63) is 11.0 Å². The number of aromatic amines is 4. The summed E-state index contributed by atoms with van der Waals surface area (Å²) in [7, 11) is 0. The Morgan fingerprint density at radius 2 is 1.86 bits per heavy atom. The van der Waals surface area contributed by atoms with Crippen LogP contribution in [0, 0.1) is 0 Å². The van der Waals surface area contributed by atoms with E-state index in [1.807, 2.05) is 0 Å². The van der Waals surface area contributed by atoms with E-state index in [2.05, 4.69) is 60.1 Å². The fourth-order valence-electron chi connectivity index (χ4n) is 1.47. The van der Waals surface area contributed by atoms with Crippen LogP contribution in [-0.4, -0.2) is 37.1 Å². The number of H-pyrrole nitrogens is 4. The lowest BCUT2D eigenvalue weighted by Crippen LogP contribution is -2.43. The second kappa shape index (κ2) is 4.20. The number of alkyl halides is 1. The Hall–Kier alpha value is -0.730. The highest BCUT2D eigenvalue weighted by Gasteiger charge is 2.17. The maximum atomic E-state index is 4.58. The maximum Gasteiger partial charge on any atom is 0.186 e. The molecule has 78 valence electrons. The molecular weight excluding hydrogens is 295 g/mol. The van der Waals surface area contributed by atoms with Gasteiger partial charge in [0.1, 0.15) is 0 Å². The number of aromatic nitrogens is 4. The van der Waals surface area contributed by atoms with Crippen LogP contribution in [0.2, 0.25) is 0 Å². The van der Waals surface area contributed by atoms with Crippen molar-refractivity contribution in [3.63, 3.8) is 0 Å². The van der Waals surface area contributed by atoms with Gasteiger partial charge in [-0.05, 0) is 13.3 Å². The number of hydrogen-bond acceptors (Lipinski definition) is 2. The second-order valence-corrected chi connectivity index (χ2v) is 4.32. The fourth-order valence-corrected chi connectivity index (χ4v) is 2.11. The Bertz CT molecular complexity index is 432. The van der Waals surface area contributed by atoms with Gasteiger partial charge in [0.25, 0.3) is 0 Å². The van der Waals surface area contributed by atoms with Crippen molar-refractivity contribution in [1.82, 2.24) is 20.6 Å². The SMILES string of the molecule is C[C@H]1N=c2[nH][nH][nH][nH]c2=NC1CCI. The van der Waals surface area contributed by atoms with Gasteiger partial charge >= 0.3 is 0 Å². The normalized spacial score (nSPS) is 24.7. The zero-order valence-electron chi connectivity index (χ0n) is 7.84. The van der Waals surface area contributed by atoms with Gasteiger partial charge in [-0.15, -0.1) is 0 Å². The molecule has 1 unspecified atom stereocenters. The van der Waals surface area contributed by atoms with E-state index in [9.17, 15) is 0 Å². The molecular formula is C7H13IN6. The molecule has 1 aromatic rings. The van der Waals surface area contributed by atoms with Gasteiger partial charge in [-0.3, -0.25) is 20.2 Å². The molecule has 6 nitrogen and oxygen atoms in total. The summed E-state index contributed by atoms with van der Waals surface area (Å²) >= 11 is 2.37. The molecule has 0 aliphatic carbocycles. The lowest BCUT2D eigenvalue weighted by molar-refractivity contribution is 0.492. The predicted molar refractivity (Wildman–Crippen MR) is 60.5 cm³/mol. The first-order valence-electron chi connectivity index (χ1n) is 4.55. The largest absolute Gasteiger partial charge is 0.266 e. The van der Waals surface area contributed by atoms with Gasteiger partial charge in [0.15, 0.2) is 11.0 Å². The van der Waals surface area contributed by atoms with Crippen molar-refractivity contribution in [1.29, 1.82) is 0 Å². The Kier molecular flexibility index (Phi) is 2.94. The summed E-state index contributed by atoms with van der Waals surface area (Å²) in [5, 5.41) is 11.3. The molecule has 0 fully saturated rings. The minimum Gasteiger partial charge on any atom is -0.266 e. The van der Waals surface area contributed by atoms with Gasteiger partial charge in [-0.25, -0.2) is 10.4 Å². The van der Waals surface area contributed by atoms with E-state index < -0.39 is 0 Å². The maximum absolute atomic E-state index is 4.58. The van der Waals surface area contributed by atoms with E-state index in [0.29, 0.717) is 6.04 Å². The van der Waals surface area contributed by atoms with Crippen molar-refractivity contribution in [2.75, 3.05) is 4.43 Å². The van der Waals surface area contributed by atoms with Gasteiger partial charge in [0.05, 0.1) is 12.1 Å². The summed E-state index contributed by atoms with van der Waals surface area (Å²) in [5.41, 5.74) is 1.57. The molecule has 2 heterocycles. The van der Waals surface area contributed by atoms with E-state index >= 15 is 0 Å². The predicted octanol–water partition coefficient (Wildman–Crippen LogP) is -0.0416. The number of halogens is 1. The molecule has 1 aliphatic heterocycles. The molecule has 0 bridgehead atoms. The van der Waals surface area contributed by atoms with Crippen LogP contribution >= 0.6 is 22.6 Å². The summed E-state index contributed by atoms with van der Waals surface area (Å²) in [6, 6.07) is 0.539. The Labute approximate surface area is 94.1 Å². The molecule has 2 atom stereocenters. The van der Waals surface area contributed by atoms with Crippen LogP contribution in [0.25, 0.3) is 0 Å². The Morgan fingerprint density at radius 3 is 2.50 bits per heavy atom. The monoisotopic (exact) mass is 308 g/mol. The molecule has 0 amide bonds. The van der Waals surface area contributed by atoms with Crippen molar-refractivity contribution < 1.29 is 0 Å². The minimum absolute atomic E-state index is 0.248. The molecule has 2 rings (SSSR count). The molecule has 4 N–H and O–H groups in total. The molecule has 0 saturated heterocycles. The van der Waals surface area contributed by atoms with E-state index in [4.69, 9.17) is 0 Å². The molecule has 0 spiro atoms. The third-order valence-electron chi connectivity index (χ3n) is 2.24. The Balaban J connectivity index is 2.45. The van der Waals surface area contributed by atoms with E-state index in [0.717, 1.165) is 21.8 Å². The summed E-state index contributed by atoms with van der Waals surface area (Å²) in [4.78, 5) is 9.09. The van der Waals surface area contributed by atoms with E-state index in [1.54, 1.807) is 0 Å². The van der Waals surface area contributed by atoms with Gasteiger partial charge in [-0.2, -0.15) is 0 Å². The van der Waals surface area contributed by atoms with Crippen LogP contribution in [0.3, 0.4) is 0 Å². The minimum atomic E-state index is 0.248. The van der Waals surface area contributed by atoms with Crippen molar-refractivity contribution in [2.24, 2.45) is 9.98 Å². The average molecular weight is 308 g/mol. The fraction of sp³-hybridized carbons (Fsp3) is 0.714. The first-order valence-corrected chi connectivity index (χ1v) is 6.08. The van der Waals surface area contributed by atoms with Crippen molar-refractivity contribution in [3.8, 4) is 0 Å². The molecule has 0 radical (unpaired) electrons. The summed E-state index contributed by atoms with van der Waals surface area (Å²) < 4.78 is 1.10. The lowest BCUT2D eigenvalue weighted by atomic mass is 10.1. The van der Waals surface area contributed by atoms with Crippen LogP contribution in [-0.2, 0) is 0 Å². The van der Waals surface area contributed by atoms with Crippen LogP contribution in [0.15, 0.2) is 9.98 Å². The number of hydrogen-bond donors (Lipinski definition) is 4. The highest BCUT2D eigenvalue weighted by Crippen LogP contribution is 2.09. The highest BCUT2D eigenvalue weighted by molar-refractivity contribution is 14.1. The number of nitrogens with zero attached hydrogens (tertiary/aromatic N) is 2. The number of nitrogens with one attached hydrogen (secondary N) is 4. The third kappa shape index (κ3) is 1.86. The van der Waals surface area contributed by atoms with E-state index in [1.165, 1.54) is 0 Å². The first-order chi connectivity index (χ1) is 6.81. The quantitative estimate of drug-likeness (QED) is 0.436. The van der Waals surface area contributed by atoms with Crippen LogP contribution in [0.4, 0.5) is 0 Å². The molecule has 0 saturated carbocycles. The lowest BCUT2D eigenvalue weighted by Gasteiger charge is -2.18. The summed E-state index contributed by atoms with van der Waals surface area (Å²) in [6.45, 7) is 2.09. The van der Waals surface area contributed by atoms with Crippen molar-refractivity contribution in [2.45, 2.75) is 25.4 Å². The van der Waals surface area contributed by atoms with Gasteiger partial charge in [0, 0.05) is 4.43 Å². The zero-order chi connectivity index (χ0) is 9.97. The van der Waals surface area contributed by atoms with Gasteiger partial charge in [0.2, 0.25) is 0 Å². The topological polar surface area (TPSA) is 87.9 Å². The van der Waals surface area contributed by atoms with Crippen LogP contribution < -0.4 is 11.0 Å². The first kappa shape index (κ1) is 9.81. The van der Waals surface area contributed by atoms with Crippen molar-refractivity contribution >= 4 is 22.6 Å². The molecule has 0 aromatic carbocycles. The molecule has 1 aliphatic rings. The van der Waals surface area contributed by atoms with Gasteiger partial charge in [-0.1, -0.05) is 22.6 Å². The number of rotatable bonds is 2. The third-order valence-corrected chi connectivity index (χ3v) is 2.86. The smallest absolute Gasteiger partial charge is 0.186 e. The standard InChI is InChI=1S/C7H13IN6/c1-4-5(2-3-8)10-7-6(9-4)11-13-14-12-7/h4-5,13-14H,2-3H2,1H3,(H,9,11)(H,10,12)/t4-,5?/m1/s1. The Morgan fingerprint density at radius 1 is 1.21 bits per heavy atom. The summed E-state index contributed by atoms with van der Waals surface area (Å²) in [5.74, 6) is 0. The van der Waals surface area contributed by atoms with Gasteiger partial charge < -0.3 is 0 Å². The zero-order valence-corrected chi connectivity index (χ0v) is 10.00. The van der Waals surface area contributed by atoms with E-state index in [-0.39, 0.29) is 6.04 Å².